The SMILES string of the molecule is COc1ccc(C(O)C2COCCO2)c(OC)c1Cl. The van der Waals surface area contributed by atoms with Crippen LogP contribution in [0, 0.1) is 0 Å². The molecule has 0 saturated carbocycles. The summed E-state index contributed by atoms with van der Waals surface area (Å²) in [6.45, 7) is 1.35. The fourth-order valence-corrected chi connectivity index (χ4v) is 2.37. The topological polar surface area (TPSA) is 57.2 Å². The van der Waals surface area contributed by atoms with E-state index < -0.39 is 12.2 Å². The zero-order chi connectivity index (χ0) is 13.8. The van der Waals surface area contributed by atoms with Gasteiger partial charge in [0.15, 0.2) is 0 Å². The van der Waals surface area contributed by atoms with Gasteiger partial charge in [0, 0.05) is 5.56 Å². The van der Waals surface area contributed by atoms with Gasteiger partial charge < -0.3 is 24.1 Å². The zero-order valence-electron chi connectivity index (χ0n) is 10.9. The quantitative estimate of drug-likeness (QED) is 0.916. The highest BCUT2D eigenvalue weighted by Crippen LogP contribution is 2.40. The Kier molecular flexibility index (Phi) is 4.87. The van der Waals surface area contributed by atoms with E-state index in [1.165, 1.54) is 14.2 Å². The molecule has 5 nitrogen and oxygen atoms in total. The van der Waals surface area contributed by atoms with E-state index in [-0.39, 0.29) is 0 Å². The molecule has 1 N–H and O–H groups in total. The van der Waals surface area contributed by atoms with Crippen LogP contribution in [0.2, 0.25) is 5.02 Å². The predicted octanol–water partition coefficient (Wildman–Crippen LogP) is 1.81. The van der Waals surface area contributed by atoms with Crippen molar-refractivity contribution in [1.82, 2.24) is 0 Å². The highest BCUT2D eigenvalue weighted by atomic mass is 35.5. The standard InChI is InChI=1S/C13H17ClO5/c1-16-9-4-3-8(13(17-2)11(9)14)12(15)10-7-18-5-6-19-10/h3-4,10,12,15H,5-7H2,1-2H3. The third-order valence-corrected chi connectivity index (χ3v) is 3.39. The van der Waals surface area contributed by atoms with Crippen molar-refractivity contribution in [2.75, 3.05) is 34.0 Å². The Balaban J connectivity index is 2.30. The van der Waals surface area contributed by atoms with Gasteiger partial charge >= 0.3 is 0 Å². The Morgan fingerprint density at radius 1 is 1.32 bits per heavy atom. The summed E-state index contributed by atoms with van der Waals surface area (Å²) < 4.78 is 21.2. The monoisotopic (exact) mass is 288 g/mol. The lowest BCUT2D eigenvalue weighted by Crippen LogP contribution is -2.34. The van der Waals surface area contributed by atoms with E-state index in [1.54, 1.807) is 12.1 Å². The molecule has 106 valence electrons. The first kappa shape index (κ1) is 14.4. The molecule has 0 bridgehead atoms. The maximum Gasteiger partial charge on any atom is 0.147 e. The molecule has 2 unspecified atom stereocenters. The molecule has 0 radical (unpaired) electrons. The minimum Gasteiger partial charge on any atom is -0.495 e. The highest BCUT2D eigenvalue weighted by Gasteiger charge is 2.28. The number of rotatable bonds is 4. The number of hydrogen-bond acceptors (Lipinski definition) is 5. The van der Waals surface area contributed by atoms with E-state index >= 15 is 0 Å². The number of halogens is 1. The fourth-order valence-electron chi connectivity index (χ4n) is 2.04. The normalized spacial score (nSPS) is 20.9. The molecule has 1 aromatic carbocycles. The molecule has 0 aliphatic carbocycles. The van der Waals surface area contributed by atoms with Crippen LogP contribution >= 0.6 is 11.6 Å². The van der Waals surface area contributed by atoms with Crippen LogP contribution in [0.1, 0.15) is 11.7 Å². The lowest BCUT2D eigenvalue weighted by Gasteiger charge is -2.28. The summed E-state index contributed by atoms with van der Waals surface area (Å²) in [7, 11) is 3.02. The molecular formula is C13H17ClO5. The van der Waals surface area contributed by atoms with E-state index in [2.05, 4.69) is 0 Å². The van der Waals surface area contributed by atoms with Crippen molar-refractivity contribution in [2.45, 2.75) is 12.2 Å². The van der Waals surface area contributed by atoms with Crippen LogP contribution in [0.25, 0.3) is 0 Å². The van der Waals surface area contributed by atoms with Crippen LogP contribution < -0.4 is 9.47 Å². The molecule has 1 saturated heterocycles. The predicted molar refractivity (Wildman–Crippen MR) is 70.1 cm³/mol. The van der Waals surface area contributed by atoms with Gasteiger partial charge in [-0.15, -0.1) is 0 Å². The number of hydrogen-bond donors (Lipinski definition) is 1. The van der Waals surface area contributed by atoms with Crippen LogP contribution in [0.4, 0.5) is 0 Å². The third kappa shape index (κ3) is 2.95. The molecule has 6 heteroatoms. The first-order valence-corrected chi connectivity index (χ1v) is 6.34. The van der Waals surface area contributed by atoms with Crippen molar-refractivity contribution in [2.24, 2.45) is 0 Å². The second-order valence-electron chi connectivity index (χ2n) is 4.13. The van der Waals surface area contributed by atoms with Crippen molar-refractivity contribution in [3.05, 3.63) is 22.7 Å². The van der Waals surface area contributed by atoms with Crippen molar-refractivity contribution in [1.29, 1.82) is 0 Å². The van der Waals surface area contributed by atoms with Gasteiger partial charge in [-0.3, -0.25) is 0 Å². The van der Waals surface area contributed by atoms with Gasteiger partial charge in [0.2, 0.25) is 0 Å². The minimum absolute atomic E-state index is 0.332. The van der Waals surface area contributed by atoms with E-state index in [4.69, 9.17) is 30.5 Å². The number of benzene rings is 1. The first-order chi connectivity index (χ1) is 9.19. The summed E-state index contributed by atoms with van der Waals surface area (Å²) in [5.41, 5.74) is 0.559. The van der Waals surface area contributed by atoms with E-state index in [0.29, 0.717) is 41.9 Å². The summed E-state index contributed by atoms with van der Waals surface area (Å²) >= 11 is 6.16. The molecule has 1 aromatic rings. The zero-order valence-corrected chi connectivity index (χ0v) is 11.6. The maximum absolute atomic E-state index is 10.4. The van der Waals surface area contributed by atoms with E-state index in [9.17, 15) is 5.11 Å². The highest BCUT2D eigenvalue weighted by molar-refractivity contribution is 6.33. The molecule has 0 aromatic heterocycles. The Labute approximate surface area is 117 Å². The minimum atomic E-state index is -0.862. The second kappa shape index (κ2) is 6.43. The molecule has 2 rings (SSSR count). The van der Waals surface area contributed by atoms with Crippen LogP contribution in [-0.4, -0.2) is 45.3 Å². The smallest absolute Gasteiger partial charge is 0.147 e. The van der Waals surface area contributed by atoms with Crippen molar-refractivity contribution in [3.8, 4) is 11.5 Å². The molecule has 1 fully saturated rings. The van der Waals surface area contributed by atoms with Crippen molar-refractivity contribution < 1.29 is 24.1 Å². The van der Waals surface area contributed by atoms with Crippen molar-refractivity contribution >= 4 is 11.6 Å². The summed E-state index contributed by atoms with van der Waals surface area (Å²) in [4.78, 5) is 0. The van der Waals surface area contributed by atoms with Crippen LogP contribution in [0.5, 0.6) is 11.5 Å². The molecule has 2 atom stereocenters. The molecular weight excluding hydrogens is 272 g/mol. The average Bonchev–Trinajstić information content (AvgIpc) is 2.47. The molecule has 1 aliphatic heterocycles. The van der Waals surface area contributed by atoms with Crippen LogP contribution in [0.3, 0.4) is 0 Å². The Morgan fingerprint density at radius 2 is 2.11 bits per heavy atom. The van der Waals surface area contributed by atoms with Gasteiger partial charge in [0.25, 0.3) is 0 Å². The molecule has 19 heavy (non-hydrogen) atoms. The second-order valence-corrected chi connectivity index (χ2v) is 4.51. The van der Waals surface area contributed by atoms with Gasteiger partial charge in [-0.2, -0.15) is 0 Å². The van der Waals surface area contributed by atoms with Crippen LogP contribution in [0.15, 0.2) is 12.1 Å². The largest absolute Gasteiger partial charge is 0.495 e. The lowest BCUT2D eigenvalue weighted by atomic mass is 10.0. The number of aliphatic hydroxyl groups is 1. The van der Waals surface area contributed by atoms with Crippen LogP contribution in [-0.2, 0) is 9.47 Å². The third-order valence-electron chi connectivity index (χ3n) is 3.03. The van der Waals surface area contributed by atoms with Gasteiger partial charge in [0.05, 0.1) is 34.0 Å². The summed E-state index contributed by atoms with van der Waals surface area (Å²) in [6, 6.07) is 3.40. The van der Waals surface area contributed by atoms with Gasteiger partial charge in [-0.1, -0.05) is 11.6 Å². The van der Waals surface area contributed by atoms with Crippen molar-refractivity contribution in [3.63, 3.8) is 0 Å². The lowest BCUT2D eigenvalue weighted by molar-refractivity contribution is -0.133. The van der Waals surface area contributed by atoms with Gasteiger partial charge in [0.1, 0.15) is 28.7 Å². The fraction of sp³-hybridized carbons (Fsp3) is 0.538. The molecule has 0 amide bonds. The van der Waals surface area contributed by atoms with Gasteiger partial charge in [-0.05, 0) is 12.1 Å². The Bertz CT molecular complexity index is 431. The average molecular weight is 289 g/mol. The Hall–Kier alpha value is -1.01. The van der Waals surface area contributed by atoms with Gasteiger partial charge in [-0.25, -0.2) is 0 Å². The summed E-state index contributed by atoms with van der Waals surface area (Å²) in [5, 5.41) is 10.7. The summed E-state index contributed by atoms with van der Waals surface area (Å²) in [5.74, 6) is 0.887. The molecule has 1 heterocycles. The first-order valence-electron chi connectivity index (χ1n) is 5.96. The maximum atomic E-state index is 10.4. The Morgan fingerprint density at radius 3 is 2.68 bits per heavy atom. The molecule has 1 aliphatic rings. The number of ether oxygens (including phenoxy) is 4. The number of methoxy groups -OCH3 is 2. The van der Waals surface area contributed by atoms with E-state index in [1.807, 2.05) is 0 Å². The molecule has 0 spiro atoms. The summed E-state index contributed by atoms with van der Waals surface area (Å²) in [6.07, 6.45) is -1.29. The van der Waals surface area contributed by atoms with E-state index in [0.717, 1.165) is 0 Å². The number of aliphatic hydroxyl groups excluding tert-OH is 1.